The number of hydrogen-bond acceptors (Lipinski definition) is 4. The van der Waals surface area contributed by atoms with E-state index in [0.29, 0.717) is 29.6 Å². The summed E-state index contributed by atoms with van der Waals surface area (Å²) in [5, 5.41) is 0.555. The Morgan fingerprint density at radius 3 is 2.13 bits per heavy atom. The first kappa shape index (κ1) is 24.0. The van der Waals surface area contributed by atoms with E-state index in [1.165, 1.54) is 0 Å². The number of para-hydroxylation sites is 1. The monoisotopic (exact) mass is 432 g/mol. The smallest absolute Gasteiger partial charge is 0.264 e. The highest BCUT2D eigenvalue weighted by molar-refractivity contribution is 6.33. The minimum atomic E-state index is -0.126. The van der Waals surface area contributed by atoms with E-state index >= 15 is 0 Å². The van der Waals surface area contributed by atoms with Crippen LogP contribution in [0.15, 0.2) is 48.5 Å². The third-order valence-corrected chi connectivity index (χ3v) is 5.25. The summed E-state index contributed by atoms with van der Waals surface area (Å²) in [4.78, 5) is 17.0. The van der Waals surface area contributed by atoms with Crippen molar-refractivity contribution in [3.8, 4) is 11.5 Å². The van der Waals surface area contributed by atoms with Crippen molar-refractivity contribution in [3.63, 3.8) is 0 Å². The molecule has 2 rings (SSSR count). The summed E-state index contributed by atoms with van der Waals surface area (Å²) in [6.45, 7) is 10.2. The maximum Gasteiger partial charge on any atom is 0.264 e. The maximum absolute atomic E-state index is 13.0. The molecule has 0 aliphatic heterocycles. The Morgan fingerprint density at radius 1 is 0.900 bits per heavy atom. The standard InChI is InChI=1S/C24H33ClN2O3/c1-4-7-18-29-20-12-14-21(15-13-20)30-19-24(28)27(17-16-26(5-2)6-3)23-11-9-8-10-22(23)25/h8-15H,4-7,16-19H2,1-3H3. The predicted octanol–water partition coefficient (Wildman–Crippen LogP) is 5.27. The number of carbonyl (C=O) groups excluding carboxylic acids is 1. The molecule has 0 N–H and O–H groups in total. The van der Waals surface area contributed by atoms with Crippen LogP contribution in [-0.4, -0.2) is 50.2 Å². The second-order valence-electron chi connectivity index (χ2n) is 6.99. The van der Waals surface area contributed by atoms with Gasteiger partial charge >= 0.3 is 0 Å². The van der Waals surface area contributed by atoms with Gasteiger partial charge in [0.05, 0.1) is 17.3 Å². The van der Waals surface area contributed by atoms with E-state index in [9.17, 15) is 4.79 Å². The summed E-state index contributed by atoms with van der Waals surface area (Å²) in [5.74, 6) is 1.31. The fourth-order valence-electron chi connectivity index (χ4n) is 3.02. The Hall–Kier alpha value is -2.24. The number of benzene rings is 2. The van der Waals surface area contributed by atoms with Gasteiger partial charge in [-0.2, -0.15) is 0 Å². The van der Waals surface area contributed by atoms with E-state index in [1.807, 2.05) is 42.5 Å². The molecular formula is C24H33ClN2O3. The molecule has 0 fully saturated rings. The summed E-state index contributed by atoms with van der Waals surface area (Å²) < 4.78 is 11.4. The molecule has 0 atom stereocenters. The molecule has 164 valence electrons. The Morgan fingerprint density at radius 2 is 1.53 bits per heavy atom. The number of carbonyl (C=O) groups is 1. The Labute approximate surface area is 185 Å². The van der Waals surface area contributed by atoms with Crippen LogP contribution in [0.5, 0.6) is 11.5 Å². The number of ether oxygens (including phenoxy) is 2. The van der Waals surface area contributed by atoms with Crippen LogP contribution in [0.25, 0.3) is 0 Å². The number of halogens is 1. The minimum Gasteiger partial charge on any atom is -0.494 e. The van der Waals surface area contributed by atoms with Gasteiger partial charge in [-0.05, 0) is 55.9 Å². The van der Waals surface area contributed by atoms with Crippen LogP contribution >= 0.6 is 11.6 Å². The van der Waals surface area contributed by atoms with Gasteiger partial charge in [-0.25, -0.2) is 0 Å². The lowest BCUT2D eigenvalue weighted by Gasteiger charge is -2.27. The molecule has 1 amide bonds. The second kappa shape index (κ2) is 13.1. The van der Waals surface area contributed by atoms with Gasteiger partial charge in [0.15, 0.2) is 6.61 Å². The summed E-state index contributed by atoms with van der Waals surface area (Å²) in [6, 6.07) is 14.8. The SMILES string of the molecule is CCCCOc1ccc(OCC(=O)N(CCN(CC)CC)c2ccccc2Cl)cc1. The highest BCUT2D eigenvalue weighted by atomic mass is 35.5. The van der Waals surface area contributed by atoms with Gasteiger partial charge in [-0.3, -0.25) is 4.79 Å². The van der Waals surface area contributed by atoms with Crippen molar-refractivity contribution >= 4 is 23.2 Å². The molecule has 0 heterocycles. The highest BCUT2D eigenvalue weighted by Crippen LogP contribution is 2.25. The van der Waals surface area contributed by atoms with Crippen molar-refractivity contribution in [2.45, 2.75) is 33.6 Å². The Kier molecular flexibility index (Phi) is 10.5. The van der Waals surface area contributed by atoms with Crippen LogP contribution in [0, 0.1) is 0 Å². The predicted molar refractivity (Wildman–Crippen MR) is 124 cm³/mol. The molecule has 0 spiro atoms. The average molecular weight is 433 g/mol. The lowest BCUT2D eigenvalue weighted by Crippen LogP contribution is -2.41. The van der Waals surface area contributed by atoms with Crippen molar-refractivity contribution in [2.24, 2.45) is 0 Å². The third kappa shape index (κ3) is 7.54. The molecule has 5 nitrogen and oxygen atoms in total. The topological polar surface area (TPSA) is 42.0 Å². The fraction of sp³-hybridized carbons (Fsp3) is 0.458. The maximum atomic E-state index is 13.0. The second-order valence-corrected chi connectivity index (χ2v) is 7.39. The Balaban J connectivity index is 2.00. The number of hydrogen-bond donors (Lipinski definition) is 0. The number of nitrogens with zero attached hydrogens (tertiary/aromatic N) is 2. The van der Waals surface area contributed by atoms with E-state index in [4.69, 9.17) is 21.1 Å². The lowest BCUT2D eigenvalue weighted by atomic mass is 10.2. The molecule has 0 saturated carbocycles. The van der Waals surface area contributed by atoms with Crippen molar-refractivity contribution in [3.05, 3.63) is 53.6 Å². The van der Waals surface area contributed by atoms with Gasteiger partial charge in [-0.15, -0.1) is 0 Å². The average Bonchev–Trinajstić information content (AvgIpc) is 2.77. The largest absolute Gasteiger partial charge is 0.494 e. The van der Waals surface area contributed by atoms with Crippen LogP contribution in [0.4, 0.5) is 5.69 Å². The van der Waals surface area contributed by atoms with Gasteiger partial charge in [0.25, 0.3) is 5.91 Å². The quantitative estimate of drug-likeness (QED) is 0.404. The molecule has 30 heavy (non-hydrogen) atoms. The zero-order chi connectivity index (χ0) is 21.8. The molecule has 0 aromatic heterocycles. The van der Waals surface area contributed by atoms with Crippen LogP contribution in [0.1, 0.15) is 33.6 Å². The number of anilines is 1. The van der Waals surface area contributed by atoms with Gasteiger partial charge in [0, 0.05) is 13.1 Å². The number of rotatable bonds is 13. The minimum absolute atomic E-state index is 0.0560. The van der Waals surface area contributed by atoms with Crippen LogP contribution < -0.4 is 14.4 Å². The van der Waals surface area contributed by atoms with Gasteiger partial charge in [-0.1, -0.05) is 50.9 Å². The zero-order valence-electron chi connectivity index (χ0n) is 18.3. The van der Waals surface area contributed by atoms with Crippen molar-refractivity contribution in [2.75, 3.05) is 44.3 Å². The van der Waals surface area contributed by atoms with E-state index < -0.39 is 0 Å². The molecule has 0 radical (unpaired) electrons. The van der Waals surface area contributed by atoms with Crippen LogP contribution in [-0.2, 0) is 4.79 Å². The van der Waals surface area contributed by atoms with E-state index in [1.54, 1.807) is 11.0 Å². The van der Waals surface area contributed by atoms with Crippen LogP contribution in [0.3, 0.4) is 0 Å². The summed E-state index contributed by atoms with van der Waals surface area (Å²) in [7, 11) is 0. The molecule has 2 aromatic carbocycles. The van der Waals surface area contributed by atoms with E-state index in [-0.39, 0.29) is 12.5 Å². The van der Waals surface area contributed by atoms with Crippen molar-refractivity contribution in [1.82, 2.24) is 4.90 Å². The summed E-state index contributed by atoms with van der Waals surface area (Å²) in [5.41, 5.74) is 0.708. The van der Waals surface area contributed by atoms with E-state index in [0.717, 1.165) is 38.2 Å². The van der Waals surface area contributed by atoms with Crippen molar-refractivity contribution < 1.29 is 14.3 Å². The first-order chi connectivity index (χ1) is 14.6. The van der Waals surface area contributed by atoms with Crippen molar-refractivity contribution in [1.29, 1.82) is 0 Å². The Bertz CT molecular complexity index is 763. The molecule has 0 bridgehead atoms. The lowest BCUT2D eigenvalue weighted by molar-refractivity contribution is -0.120. The van der Waals surface area contributed by atoms with E-state index in [2.05, 4.69) is 25.7 Å². The highest BCUT2D eigenvalue weighted by Gasteiger charge is 2.19. The first-order valence-corrected chi connectivity index (χ1v) is 11.1. The normalized spacial score (nSPS) is 10.8. The molecular weight excluding hydrogens is 400 g/mol. The number of unbranched alkanes of at least 4 members (excludes halogenated alkanes) is 1. The molecule has 0 aliphatic carbocycles. The molecule has 0 unspecified atom stereocenters. The van der Waals surface area contributed by atoms with Crippen LogP contribution in [0.2, 0.25) is 5.02 Å². The molecule has 0 saturated heterocycles. The first-order valence-electron chi connectivity index (χ1n) is 10.7. The third-order valence-electron chi connectivity index (χ3n) is 4.93. The zero-order valence-corrected chi connectivity index (χ0v) is 19.0. The molecule has 6 heteroatoms. The number of amides is 1. The number of likely N-dealkylation sites (N-methyl/N-ethyl adjacent to an activating group) is 1. The summed E-state index contributed by atoms with van der Waals surface area (Å²) in [6.07, 6.45) is 2.12. The molecule has 2 aromatic rings. The summed E-state index contributed by atoms with van der Waals surface area (Å²) >= 11 is 6.37. The van der Waals surface area contributed by atoms with Gasteiger partial charge in [0.2, 0.25) is 0 Å². The molecule has 0 aliphatic rings. The fourth-order valence-corrected chi connectivity index (χ4v) is 3.26. The van der Waals surface area contributed by atoms with Gasteiger partial charge < -0.3 is 19.3 Å². The van der Waals surface area contributed by atoms with Gasteiger partial charge in [0.1, 0.15) is 11.5 Å².